The van der Waals surface area contributed by atoms with Crippen LogP contribution in [0.25, 0.3) is 11.2 Å². The molecule has 3 heteroatoms. The Hall–Kier alpha value is -1.25. The lowest BCUT2D eigenvalue weighted by Gasteiger charge is -1.92. The summed E-state index contributed by atoms with van der Waals surface area (Å²) in [5.41, 5.74) is 2.98. The van der Waals surface area contributed by atoms with E-state index in [1.54, 1.807) is 0 Å². The Morgan fingerprint density at radius 2 is 2.18 bits per heavy atom. The van der Waals surface area contributed by atoms with Gasteiger partial charge in [-0.05, 0) is 6.92 Å². The molecule has 0 radical (unpaired) electrons. The summed E-state index contributed by atoms with van der Waals surface area (Å²) >= 11 is 0. The third-order valence-corrected chi connectivity index (χ3v) is 1.93. The lowest BCUT2D eigenvalue weighted by atomic mass is 10.5. The Bertz CT molecular complexity index is 397. The first kappa shape index (κ1) is 6.46. The molecule has 0 N–H and O–H groups in total. The molecule has 11 heavy (non-hydrogen) atoms. The fraction of sp³-hybridized carbons (Fsp3) is 0.375. The molecule has 0 aromatic carbocycles. The highest BCUT2D eigenvalue weighted by Gasteiger charge is 2.07. The second-order valence-electron chi connectivity index (χ2n) is 2.77. The second-order valence-corrected chi connectivity index (χ2v) is 2.77. The van der Waals surface area contributed by atoms with Crippen molar-refractivity contribution in [3.8, 4) is 0 Å². The van der Waals surface area contributed by atoms with E-state index in [1.165, 1.54) is 5.69 Å². The van der Waals surface area contributed by atoms with Crippen LogP contribution in [0, 0.1) is 13.8 Å². The number of rotatable bonds is 0. The molecule has 0 atom stereocenters. The van der Waals surface area contributed by atoms with Crippen LogP contribution < -0.4 is 0 Å². The van der Waals surface area contributed by atoms with Gasteiger partial charge in [-0.15, -0.1) is 0 Å². The van der Waals surface area contributed by atoms with Gasteiger partial charge in [0, 0.05) is 25.7 Å². The molecule has 2 aromatic heterocycles. The molecule has 0 saturated heterocycles. The SMILES string of the molecule is Cc1nc2c(cc(C)n2C)o1. The van der Waals surface area contributed by atoms with Crippen LogP contribution in [0.15, 0.2) is 10.5 Å². The molecule has 0 fully saturated rings. The molecular weight excluding hydrogens is 140 g/mol. The van der Waals surface area contributed by atoms with Gasteiger partial charge in [-0.25, -0.2) is 0 Å². The van der Waals surface area contributed by atoms with Crippen LogP contribution in [-0.4, -0.2) is 9.55 Å². The average Bonchev–Trinajstić information content (AvgIpc) is 2.37. The van der Waals surface area contributed by atoms with Crippen molar-refractivity contribution in [2.75, 3.05) is 0 Å². The Morgan fingerprint density at radius 1 is 1.45 bits per heavy atom. The maximum atomic E-state index is 5.34. The van der Waals surface area contributed by atoms with Crippen LogP contribution in [0.4, 0.5) is 0 Å². The zero-order valence-corrected chi connectivity index (χ0v) is 6.88. The Labute approximate surface area is 64.6 Å². The molecule has 0 aliphatic rings. The number of aryl methyl sites for hydroxylation is 3. The number of hydrogen-bond acceptors (Lipinski definition) is 2. The van der Waals surface area contributed by atoms with Crippen molar-refractivity contribution in [1.82, 2.24) is 9.55 Å². The van der Waals surface area contributed by atoms with Gasteiger partial charge in [-0.3, -0.25) is 0 Å². The van der Waals surface area contributed by atoms with Crippen LogP contribution in [0.2, 0.25) is 0 Å². The summed E-state index contributed by atoms with van der Waals surface area (Å²) in [7, 11) is 1.99. The average molecular weight is 150 g/mol. The predicted molar refractivity (Wildman–Crippen MR) is 42.5 cm³/mol. The van der Waals surface area contributed by atoms with Gasteiger partial charge in [0.1, 0.15) is 0 Å². The van der Waals surface area contributed by atoms with Crippen molar-refractivity contribution in [1.29, 1.82) is 0 Å². The molecule has 0 unspecified atom stereocenters. The van der Waals surface area contributed by atoms with Gasteiger partial charge >= 0.3 is 0 Å². The minimum absolute atomic E-state index is 0.727. The summed E-state index contributed by atoms with van der Waals surface area (Å²) in [5.74, 6) is 0.727. The summed E-state index contributed by atoms with van der Waals surface area (Å²) < 4.78 is 7.36. The van der Waals surface area contributed by atoms with E-state index in [2.05, 4.69) is 4.98 Å². The van der Waals surface area contributed by atoms with Gasteiger partial charge in [0.05, 0.1) is 0 Å². The fourth-order valence-corrected chi connectivity index (χ4v) is 1.22. The van der Waals surface area contributed by atoms with Gasteiger partial charge in [-0.1, -0.05) is 0 Å². The number of fused-ring (bicyclic) bond motifs is 1. The van der Waals surface area contributed by atoms with Crippen molar-refractivity contribution >= 4 is 11.2 Å². The molecule has 0 saturated carbocycles. The van der Waals surface area contributed by atoms with E-state index in [-0.39, 0.29) is 0 Å². The number of hydrogen-bond donors (Lipinski definition) is 0. The van der Waals surface area contributed by atoms with Crippen LogP contribution in [0.3, 0.4) is 0 Å². The Morgan fingerprint density at radius 3 is 2.82 bits per heavy atom. The van der Waals surface area contributed by atoms with Crippen molar-refractivity contribution in [3.63, 3.8) is 0 Å². The maximum absolute atomic E-state index is 5.34. The quantitative estimate of drug-likeness (QED) is 0.573. The molecule has 2 heterocycles. The van der Waals surface area contributed by atoms with E-state index in [1.807, 2.05) is 31.5 Å². The molecule has 0 aliphatic carbocycles. The van der Waals surface area contributed by atoms with Crippen molar-refractivity contribution in [2.45, 2.75) is 13.8 Å². The van der Waals surface area contributed by atoms with E-state index in [9.17, 15) is 0 Å². The number of nitrogens with zero attached hydrogens (tertiary/aromatic N) is 2. The van der Waals surface area contributed by atoms with Gasteiger partial charge in [0.2, 0.25) is 0 Å². The van der Waals surface area contributed by atoms with E-state index < -0.39 is 0 Å². The summed E-state index contributed by atoms with van der Waals surface area (Å²) in [6, 6.07) is 2.00. The fourth-order valence-electron chi connectivity index (χ4n) is 1.22. The predicted octanol–water partition coefficient (Wildman–Crippen LogP) is 1.78. The molecule has 58 valence electrons. The summed E-state index contributed by atoms with van der Waals surface area (Å²) in [6.07, 6.45) is 0. The smallest absolute Gasteiger partial charge is 0.193 e. The highest BCUT2D eigenvalue weighted by atomic mass is 16.3. The second kappa shape index (κ2) is 1.87. The normalized spacial score (nSPS) is 11.2. The van der Waals surface area contributed by atoms with Gasteiger partial charge < -0.3 is 8.98 Å². The summed E-state index contributed by atoms with van der Waals surface area (Å²) in [6.45, 7) is 3.89. The molecule has 0 aliphatic heterocycles. The minimum Gasteiger partial charge on any atom is -0.439 e. The standard InChI is InChI=1S/C8H10N2O/c1-5-4-7-8(10(5)3)9-6(2)11-7/h4H,1-3H3. The third-order valence-electron chi connectivity index (χ3n) is 1.93. The van der Waals surface area contributed by atoms with E-state index in [0.29, 0.717) is 0 Å². The molecule has 3 nitrogen and oxygen atoms in total. The largest absolute Gasteiger partial charge is 0.439 e. The summed E-state index contributed by atoms with van der Waals surface area (Å²) in [4.78, 5) is 4.23. The maximum Gasteiger partial charge on any atom is 0.193 e. The monoisotopic (exact) mass is 150 g/mol. The lowest BCUT2D eigenvalue weighted by molar-refractivity contribution is 0.561. The van der Waals surface area contributed by atoms with Gasteiger partial charge in [-0.2, -0.15) is 4.98 Å². The molecule has 2 rings (SSSR count). The van der Waals surface area contributed by atoms with E-state index in [4.69, 9.17) is 4.42 Å². The van der Waals surface area contributed by atoms with Crippen LogP contribution in [0.5, 0.6) is 0 Å². The number of oxazole rings is 1. The topological polar surface area (TPSA) is 31.0 Å². The van der Waals surface area contributed by atoms with E-state index >= 15 is 0 Å². The Balaban J connectivity index is 2.88. The first-order chi connectivity index (χ1) is 5.18. The van der Waals surface area contributed by atoms with Gasteiger partial charge in [0.25, 0.3) is 0 Å². The minimum atomic E-state index is 0.727. The Kier molecular flexibility index (Phi) is 1.10. The van der Waals surface area contributed by atoms with Crippen molar-refractivity contribution in [3.05, 3.63) is 17.7 Å². The van der Waals surface area contributed by atoms with Gasteiger partial charge in [0.15, 0.2) is 17.1 Å². The first-order valence-corrected chi connectivity index (χ1v) is 3.58. The zero-order valence-electron chi connectivity index (χ0n) is 6.88. The van der Waals surface area contributed by atoms with Crippen LogP contribution in [-0.2, 0) is 7.05 Å². The van der Waals surface area contributed by atoms with Crippen molar-refractivity contribution < 1.29 is 4.42 Å². The van der Waals surface area contributed by atoms with Crippen LogP contribution in [0.1, 0.15) is 11.6 Å². The number of aromatic nitrogens is 2. The summed E-state index contributed by atoms with van der Waals surface area (Å²) in [5, 5.41) is 0. The first-order valence-electron chi connectivity index (χ1n) is 3.58. The zero-order chi connectivity index (χ0) is 8.01. The third kappa shape index (κ3) is 0.770. The lowest BCUT2D eigenvalue weighted by Crippen LogP contribution is -1.90. The van der Waals surface area contributed by atoms with Crippen molar-refractivity contribution in [2.24, 2.45) is 7.05 Å². The van der Waals surface area contributed by atoms with Crippen LogP contribution >= 0.6 is 0 Å². The van der Waals surface area contributed by atoms with E-state index in [0.717, 1.165) is 17.1 Å². The molecular formula is C8H10N2O. The molecule has 2 aromatic rings. The molecule has 0 spiro atoms. The highest BCUT2D eigenvalue weighted by Crippen LogP contribution is 2.17. The molecule has 0 bridgehead atoms. The highest BCUT2D eigenvalue weighted by molar-refractivity contribution is 5.70. The molecule has 0 amide bonds.